The molecule has 0 aliphatic carbocycles. The van der Waals surface area contributed by atoms with Crippen LogP contribution in [0.5, 0.6) is 0 Å². The van der Waals surface area contributed by atoms with E-state index in [0.717, 1.165) is 39.3 Å². The molecule has 0 aromatic heterocycles. The Morgan fingerprint density at radius 3 is 2.35 bits per heavy atom. The van der Waals surface area contributed by atoms with Crippen LogP contribution in [0.3, 0.4) is 0 Å². The van der Waals surface area contributed by atoms with Gasteiger partial charge in [0.1, 0.15) is 0 Å². The fourth-order valence-electron chi connectivity index (χ4n) is 2.22. The molecule has 1 aliphatic heterocycles. The molecule has 5 nitrogen and oxygen atoms in total. The normalized spacial score (nSPS) is 20.7. The molecule has 0 saturated carbocycles. The maximum atomic E-state index is 7.33. The van der Waals surface area contributed by atoms with Crippen molar-refractivity contribution >= 4 is 5.84 Å². The van der Waals surface area contributed by atoms with Crippen LogP contribution >= 0.6 is 0 Å². The summed E-state index contributed by atoms with van der Waals surface area (Å²) in [4.78, 5) is 7.18. The molecular weight excluding hydrogens is 214 g/mol. The Morgan fingerprint density at radius 2 is 1.88 bits per heavy atom. The number of piperazine rings is 1. The van der Waals surface area contributed by atoms with Gasteiger partial charge >= 0.3 is 0 Å². The molecule has 17 heavy (non-hydrogen) atoms. The number of nitrogens with one attached hydrogen (secondary N) is 1. The molecule has 5 heteroatoms. The summed E-state index contributed by atoms with van der Waals surface area (Å²) in [5.41, 5.74) is 5.45. The van der Waals surface area contributed by atoms with Crippen molar-refractivity contribution in [1.29, 1.82) is 5.41 Å². The number of nitrogens with zero attached hydrogens (tertiary/aromatic N) is 3. The van der Waals surface area contributed by atoms with Crippen molar-refractivity contribution in [2.24, 2.45) is 5.73 Å². The topological polar surface area (TPSA) is 59.6 Å². The van der Waals surface area contributed by atoms with Crippen LogP contribution in [0.1, 0.15) is 13.3 Å². The van der Waals surface area contributed by atoms with E-state index in [9.17, 15) is 0 Å². The first-order valence-electron chi connectivity index (χ1n) is 6.43. The third-order valence-electron chi connectivity index (χ3n) is 3.41. The zero-order valence-electron chi connectivity index (χ0n) is 11.4. The average Bonchev–Trinajstić information content (AvgIpc) is 2.26. The summed E-state index contributed by atoms with van der Waals surface area (Å²) < 4.78 is 0. The van der Waals surface area contributed by atoms with Crippen molar-refractivity contribution in [3.63, 3.8) is 0 Å². The fraction of sp³-hybridized carbons (Fsp3) is 0.917. The van der Waals surface area contributed by atoms with Gasteiger partial charge in [-0.1, -0.05) is 0 Å². The maximum absolute atomic E-state index is 7.33. The van der Waals surface area contributed by atoms with Crippen molar-refractivity contribution in [1.82, 2.24) is 14.7 Å². The third kappa shape index (κ3) is 5.48. The van der Waals surface area contributed by atoms with Gasteiger partial charge in [-0.3, -0.25) is 15.2 Å². The number of amidine groups is 1. The molecule has 0 spiro atoms. The van der Waals surface area contributed by atoms with E-state index in [4.69, 9.17) is 11.1 Å². The van der Waals surface area contributed by atoms with Crippen molar-refractivity contribution in [2.45, 2.75) is 19.4 Å². The molecule has 0 amide bonds. The molecule has 1 heterocycles. The van der Waals surface area contributed by atoms with E-state index in [2.05, 4.69) is 35.7 Å². The molecule has 0 aromatic carbocycles. The Morgan fingerprint density at radius 1 is 1.29 bits per heavy atom. The summed E-state index contributed by atoms with van der Waals surface area (Å²) >= 11 is 0. The minimum Gasteiger partial charge on any atom is -0.388 e. The van der Waals surface area contributed by atoms with E-state index in [1.807, 2.05) is 0 Å². The number of likely N-dealkylation sites (N-methyl/N-ethyl adjacent to an activating group) is 1. The number of hydrogen-bond acceptors (Lipinski definition) is 4. The maximum Gasteiger partial charge on any atom is 0.0920 e. The Balaban J connectivity index is 2.23. The first-order valence-corrected chi connectivity index (χ1v) is 6.43. The van der Waals surface area contributed by atoms with Crippen LogP contribution in [0.25, 0.3) is 0 Å². The van der Waals surface area contributed by atoms with E-state index in [0.29, 0.717) is 18.3 Å². The Labute approximate surface area is 105 Å². The number of rotatable bonds is 6. The fourth-order valence-corrected chi connectivity index (χ4v) is 2.22. The highest BCUT2D eigenvalue weighted by atomic mass is 15.3. The van der Waals surface area contributed by atoms with Gasteiger partial charge in [-0.15, -0.1) is 0 Å². The Hall–Kier alpha value is -0.650. The van der Waals surface area contributed by atoms with Crippen molar-refractivity contribution in [3.05, 3.63) is 0 Å². The quantitative estimate of drug-likeness (QED) is 0.503. The lowest BCUT2D eigenvalue weighted by Gasteiger charge is -2.38. The number of hydrogen-bond donors (Lipinski definition) is 2. The van der Waals surface area contributed by atoms with Gasteiger partial charge < -0.3 is 10.6 Å². The molecular formula is C12H27N5. The summed E-state index contributed by atoms with van der Waals surface area (Å²) in [7, 11) is 4.23. The summed E-state index contributed by atoms with van der Waals surface area (Å²) in [5, 5.41) is 7.33. The lowest BCUT2D eigenvalue weighted by Crippen LogP contribution is -2.51. The van der Waals surface area contributed by atoms with Gasteiger partial charge in [0.15, 0.2) is 0 Å². The lowest BCUT2D eigenvalue weighted by molar-refractivity contribution is 0.0996. The van der Waals surface area contributed by atoms with Crippen LogP contribution in [0.2, 0.25) is 0 Å². The van der Waals surface area contributed by atoms with Crippen LogP contribution in [-0.4, -0.2) is 79.9 Å². The van der Waals surface area contributed by atoms with Crippen LogP contribution in [0.4, 0.5) is 0 Å². The molecule has 100 valence electrons. The Kier molecular flexibility index (Phi) is 5.88. The van der Waals surface area contributed by atoms with Crippen LogP contribution < -0.4 is 5.73 Å². The van der Waals surface area contributed by atoms with Crippen molar-refractivity contribution < 1.29 is 0 Å². The Bertz CT molecular complexity index is 233. The highest BCUT2D eigenvalue weighted by Gasteiger charge is 2.21. The second kappa shape index (κ2) is 6.93. The minimum atomic E-state index is 0.299. The summed E-state index contributed by atoms with van der Waals surface area (Å²) in [6.07, 6.45) is 0.692. The summed E-state index contributed by atoms with van der Waals surface area (Å²) in [6.45, 7) is 8.91. The van der Waals surface area contributed by atoms with Gasteiger partial charge in [0.2, 0.25) is 0 Å². The summed E-state index contributed by atoms with van der Waals surface area (Å²) in [5.74, 6) is 0.299. The standard InChI is InChI=1S/C12H27N5/c1-11(10-12(13)14)17-8-6-16(7-9-17)5-4-15(2)3/h11H,4-10H2,1-3H3,(H3,13,14). The zero-order valence-corrected chi connectivity index (χ0v) is 11.4. The van der Waals surface area contributed by atoms with E-state index >= 15 is 0 Å². The molecule has 0 radical (unpaired) electrons. The predicted octanol–water partition coefficient (Wildman–Crippen LogP) is -0.120. The molecule has 1 saturated heterocycles. The third-order valence-corrected chi connectivity index (χ3v) is 3.41. The SMILES string of the molecule is CC(CC(=N)N)N1CCN(CCN(C)C)CC1. The van der Waals surface area contributed by atoms with Crippen LogP contribution in [-0.2, 0) is 0 Å². The van der Waals surface area contributed by atoms with Crippen LogP contribution in [0.15, 0.2) is 0 Å². The van der Waals surface area contributed by atoms with Gasteiger partial charge in [0.05, 0.1) is 5.84 Å². The van der Waals surface area contributed by atoms with E-state index in [1.165, 1.54) is 0 Å². The molecule has 1 unspecified atom stereocenters. The summed E-state index contributed by atoms with van der Waals surface area (Å²) in [6, 6.07) is 0.406. The highest BCUT2D eigenvalue weighted by Crippen LogP contribution is 2.08. The van der Waals surface area contributed by atoms with E-state index in [-0.39, 0.29) is 0 Å². The highest BCUT2D eigenvalue weighted by molar-refractivity contribution is 5.77. The van der Waals surface area contributed by atoms with Crippen molar-refractivity contribution in [2.75, 3.05) is 53.4 Å². The molecule has 3 N–H and O–H groups in total. The first-order chi connectivity index (χ1) is 7.99. The van der Waals surface area contributed by atoms with E-state index < -0.39 is 0 Å². The number of nitrogens with two attached hydrogens (primary N) is 1. The molecule has 1 fully saturated rings. The van der Waals surface area contributed by atoms with Crippen molar-refractivity contribution in [3.8, 4) is 0 Å². The van der Waals surface area contributed by atoms with Gasteiger partial charge in [0, 0.05) is 51.7 Å². The first kappa shape index (κ1) is 14.4. The molecule has 0 aromatic rings. The molecule has 1 atom stereocenters. The average molecular weight is 241 g/mol. The van der Waals surface area contributed by atoms with Gasteiger partial charge in [-0.2, -0.15) is 0 Å². The minimum absolute atomic E-state index is 0.299. The monoisotopic (exact) mass is 241 g/mol. The van der Waals surface area contributed by atoms with E-state index in [1.54, 1.807) is 0 Å². The molecule has 1 rings (SSSR count). The lowest BCUT2D eigenvalue weighted by atomic mass is 10.1. The van der Waals surface area contributed by atoms with Gasteiger partial charge in [0.25, 0.3) is 0 Å². The smallest absolute Gasteiger partial charge is 0.0920 e. The second-order valence-corrected chi connectivity index (χ2v) is 5.26. The predicted molar refractivity (Wildman–Crippen MR) is 72.6 cm³/mol. The largest absolute Gasteiger partial charge is 0.388 e. The van der Waals surface area contributed by atoms with Gasteiger partial charge in [-0.25, -0.2) is 0 Å². The zero-order chi connectivity index (χ0) is 12.8. The van der Waals surface area contributed by atoms with Gasteiger partial charge in [-0.05, 0) is 21.0 Å². The molecule has 1 aliphatic rings. The van der Waals surface area contributed by atoms with Crippen LogP contribution in [0, 0.1) is 5.41 Å². The molecule has 0 bridgehead atoms. The second-order valence-electron chi connectivity index (χ2n) is 5.26.